The molecule has 1 N–H and O–H groups in total. The summed E-state index contributed by atoms with van der Waals surface area (Å²) in [5.41, 5.74) is 3.12. The highest BCUT2D eigenvalue weighted by Crippen LogP contribution is 2.34. The van der Waals surface area contributed by atoms with Gasteiger partial charge in [-0.2, -0.15) is 5.10 Å². The van der Waals surface area contributed by atoms with E-state index in [1.807, 2.05) is 48.7 Å². The SMILES string of the molecule is O=C(O)CN1C(=O)/C(=C/c2cn(-c3ccccc3)nc2-c2ccncc2)SC1=S. The molecule has 1 amide bonds. The van der Waals surface area contributed by atoms with E-state index in [0.717, 1.165) is 33.5 Å². The summed E-state index contributed by atoms with van der Waals surface area (Å²) < 4.78 is 1.96. The van der Waals surface area contributed by atoms with E-state index < -0.39 is 18.4 Å². The molecule has 0 aliphatic carbocycles. The molecule has 144 valence electrons. The van der Waals surface area contributed by atoms with E-state index in [4.69, 9.17) is 17.3 Å². The molecule has 1 fully saturated rings. The van der Waals surface area contributed by atoms with Gasteiger partial charge in [-0.1, -0.05) is 42.2 Å². The Morgan fingerprint density at radius 2 is 1.90 bits per heavy atom. The molecule has 29 heavy (non-hydrogen) atoms. The Morgan fingerprint density at radius 3 is 2.59 bits per heavy atom. The third-order valence-corrected chi connectivity index (χ3v) is 5.55. The predicted octanol–water partition coefficient (Wildman–Crippen LogP) is 3.22. The predicted molar refractivity (Wildman–Crippen MR) is 114 cm³/mol. The Balaban J connectivity index is 1.78. The van der Waals surface area contributed by atoms with E-state index in [9.17, 15) is 9.59 Å². The first-order valence-corrected chi connectivity index (χ1v) is 9.78. The summed E-state index contributed by atoms with van der Waals surface area (Å²) in [6.07, 6.45) is 6.87. The summed E-state index contributed by atoms with van der Waals surface area (Å²) in [5.74, 6) is -1.53. The number of para-hydroxylation sites is 1. The van der Waals surface area contributed by atoms with Crippen LogP contribution in [0.3, 0.4) is 0 Å². The smallest absolute Gasteiger partial charge is 0.323 e. The summed E-state index contributed by atoms with van der Waals surface area (Å²) in [7, 11) is 0. The molecule has 0 unspecified atom stereocenters. The lowest BCUT2D eigenvalue weighted by atomic mass is 10.1. The molecular formula is C20H14N4O3S2. The number of carbonyl (C=O) groups excluding carboxylic acids is 1. The molecule has 1 saturated heterocycles. The van der Waals surface area contributed by atoms with Crippen molar-refractivity contribution < 1.29 is 14.7 Å². The molecule has 0 spiro atoms. The van der Waals surface area contributed by atoms with Crippen LogP contribution in [0.25, 0.3) is 23.0 Å². The van der Waals surface area contributed by atoms with Gasteiger partial charge in [0.05, 0.1) is 10.6 Å². The number of carboxylic acid groups (broad SMARTS) is 1. The van der Waals surface area contributed by atoms with Gasteiger partial charge >= 0.3 is 5.97 Å². The molecule has 0 bridgehead atoms. The highest BCUT2D eigenvalue weighted by Gasteiger charge is 2.33. The van der Waals surface area contributed by atoms with Crippen LogP contribution in [0.15, 0.2) is 66.0 Å². The van der Waals surface area contributed by atoms with Crippen LogP contribution in [0, 0.1) is 0 Å². The number of hydrogen-bond acceptors (Lipinski definition) is 6. The number of thioether (sulfide) groups is 1. The fourth-order valence-corrected chi connectivity index (χ4v) is 4.10. The van der Waals surface area contributed by atoms with E-state index >= 15 is 0 Å². The highest BCUT2D eigenvalue weighted by molar-refractivity contribution is 8.26. The van der Waals surface area contributed by atoms with Gasteiger partial charge in [0.15, 0.2) is 0 Å². The van der Waals surface area contributed by atoms with Gasteiger partial charge < -0.3 is 5.11 Å². The average molecular weight is 422 g/mol. The van der Waals surface area contributed by atoms with E-state index in [1.165, 1.54) is 0 Å². The second-order valence-corrected chi connectivity index (χ2v) is 7.79. The number of amides is 1. The Hall–Kier alpha value is -3.30. The van der Waals surface area contributed by atoms with Crippen molar-refractivity contribution >= 4 is 46.3 Å². The normalized spacial score (nSPS) is 15.3. The first-order chi connectivity index (χ1) is 14.0. The maximum absolute atomic E-state index is 12.6. The van der Waals surface area contributed by atoms with Crippen LogP contribution >= 0.6 is 24.0 Å². The van der Waals surface area contributed by atoms with Gasteiger partial charge in [0.2, 0.25) is 0 Å². The summed E-state index contributed by atoms with van der Waals surface area (Å²) >= 11 is 6.26. The van der Waals surface area contributed by atoms with Gasteiger partial charge in [-0.25, -0.2) is 4.68 Å². The monoisotopic (exact) mass is 422 g/mol. The minimum Gasteiger partial charge on any atom is -0.480 e. The van der Waals surface area contributed by atoms with Gasteiger partial charge in [-0.05, 0) is 30.3 Å². The molecule has 0 radical (unpaired) electrons. The number of thiocarbonyl (C=S) groups is 1. The van der Waals surface area contributed by atoms with Gasteiger partial charge in [-0.15, -0.1) is 0 Å². The third-order valence-electron chi connectivity index (χ3n) is 4.17. The zero-order chi connectivity index (χ0) is 20.4. The van der Waals surface area contributed by atoms with E-state index in [1.54, 1.807) is 23.2 Å². The van der Waals surface area contributed by atoms with Crippen molar-refractivity contribution in [2.45, 2.75) is 0 Å². The molecular weight excluding hydrogens is 408 g/mol. The minimum absolute atomic E-state index is 0.226. The number of pyridine rings is 1. The lowest BCUT2D eigenvalue weighted by molar-refractivity contribution is -0.140. The van der Waals surface area contributed by atoms with Crippen LogP contribution in [0.4, 0.5) is 0 Å². The average Bonchev–Trinajstić information content (AvgIpc) is 3.26. The molecule has 0 saturated carbocycles. The van der Waals surface area contributed by atoms with E-state index in [0.29, 0.717) is 10.6 Å². The van der Waals surface area contributed by atoms with Crippen molar-refractivity contribution in [3.63, 3.8) is 0 Å². The fraction of sp³-hybridized carbons (Fsp3) is 0.0500. The number of nitrogens with zero attached hydrogens (tertiary/aromatic N) is 4. The number of benzene rings is 1. The zero-order valence-corrected chi connectivity index (χ0v) is 16.6. The van der Waals surface area contributed by atoms with Crippen LogP contribution in [-0.2, 0) is 9.59 Å². The van der Waals surface area contributed by atoms with E-state index in [-0.39, 0.29) is 4.32 Å². The molecule has 2 aromatic heterocycles. The number of carboxylic acids is 1. The van der Waals surface area contributed by atoms with Crippen LogP contribution in [0.1, 0.15) is 5.56 Å². The van der Waals surface area contributed by atoms with Gasteiger partial charge in [0, 0.05) is 29.7 Å². The standard InChI is InChI=1S/C20H14N4O3S2/c25-17(26)12-23-19(27)16(29-20(23)28)10-14-11-24(15-4-2-1-3-5-15)22-18(14)13-6-8-21-9-7-13/h1-11H,12H2,(H,25,26)/b16-10-. The Bertz CT molecular complexity index is 1130. The molecule has 3 aromatic rings. The number of hydrogen-bond donors (Lipinski definition) is 1. The summed E-state index contributed by atoms with van der Waals surface area (Å²) in [6.45, 7) is -0.456. The van der Waals surface area contributed by atoms with Crippen LogP contribution in [0.5, 0.6) is 0 Å². The zero-order valence-electron chi connectivity index (χ0n) is 14.9. The quantitative estimate of drug-likeness (QED) is 0.499. The van der Waals surface area contributed by atoms with Crippen molar-refractivity contribution in [2.24, 2.45) is 0 Å². The summed E-state index contributed by atoms with van der Waals surface area (Å²) in [6, 6.07) is 13.3. The molecule has 0 atom stereocenters. The van der Waals surface area contributed by atoms with Gasteiger partial charge in [0.1, 0.15) is 16.6 Å². The molecule has 7 nitrogen and oxygen atoms in total. The molecule has 1 aliphatic rings. The molecule has 1 aromatic carbocycles. The lowest BCUT2D eigenvalue weighted by Crippen LogP contribution is -2.33. The van der Waals surface area contributed by atoms with Crippen molar-refractivity contribution in [1.29, 1.82) is 0 Å². The summed E-state index contributed by atoms with van der Waals surface area (Å²) in [4.78, 5) is 29.1. The number of carbonyl (C=O) groups is 2. The number of aromatic nitrogens is 3. The molecule has 3 heterocycles. The third kappa shape index (κ3) is 3.96. The van der Waals surface area contributed by atoms with Crippen LogP contribution in [0.2, 0.25) is 0 Å². The van der Waals surface area contributed by atoms with Crippen LogP contribution in [-0.4, -0.2) is 47.5 Å². The Kier molecular flexibility index (Phi) is 5.24. The molecule has 4 rings (SSSR count). The first-order valence-electron chi connectivity index (χ1n) is 8.55. The number of rotatable bonds is 5. The second-order valence-electron chi connectivity index (χ2n) is 6.11. The fourth-order valence-electron chi connectivity index (χ4n) is 2.85. The maximum atomic E-state index is 12.6. The van der Waals surface area contributed by atoms with Crippen molar-refractivity contribution in [1.82, 2.24) is 19.7 Å². The topological polar surface area (TPSA) is 88.3 Å². The van der Waals surface area contributed by atoms with E-state index in [2.05, 4.69) is 10.1 Å². The largest absolute Gasteiger partial charge is 0.480 e. The van der Waals surface area contributed by atoms with Crippen molar-refractivity contribution in [2.75, 3.05) is 6.54 Å². The highest BCUT2D eigenvalue weighted by atomic mass is 32.2. The maximum Gasteiger partial charge on any atom is 0.323 e. The Morgan fingerprint density at radius 1 is 1.17 bits per heavy atom. The molecule has 9 heteroatoms. The minimum atomic E-state index is -1.11. The van der Waals surface area contributed by atoms with Gasteiger partial charge in [0.25, 0.3) is 5.91 Å². The Labute approximate surface area is 175 Å². The lowest BCUT2D eigenvalue weighted by Gasteiger charge is -2.10. The molecule has 1 aliphatic heterocycles. The second kappa shape index (κ2) is 7.98. The van der Waals surface area contributed by atoms with Gasteiger partial charge in [-0.3, -0.25) is 19.5 Å². The first kappa shape index (κ1) is 19.0. The summed E-state index contributed by atoms with van der Waals surface area (Å²) in [5, 5.41) is 13.7. The van der Waals surface area contributed by atoms with Crippen molar-refractivity contribution in [3.8, 4) is 16.9 Å². The van der Waals surface area contributed by atoms with Crippen LogP contribution < -0.4 is 0 Å². The number of aliphatic carboxylic acids is 1. The van der Waals surface area contributed by atoms with Crippen molar-refractivity contribution in [3.05, 3.63) is 71.5 Å².